The standard InChI is InChI=1S/C21H25BrN2O3/c1-5-26-19-9-7-6-8-16(19)12-23-24-21(25)13-27-20-10-15(4)18(22)11-17(20)14(2)3/h6-12,14H,5,13H2,1-4H3,(H,24,25). The lowest BCUT2D eigenvalue weighted by Gasteiger charge is -2.15. The number of para-hydroxylation sites is 1. The van der Waals surface area contributed by atoms with Crippen molar-refractivity contribution < 1.29 is 14.3 Å². The molecule has 5 nitrogen and oxygen atoms in total. The fraction of sp³-hybridized carbons (Fsp3) is 0.333. The van der Waals surface area contributed by atoms with Crippen molar-refractivity contribution in [3.05, 3.63) is 57.6 Å². The maximum absolute atomic E-state index is 12.1. The Balaban J connectivity index is 1.97. The summed E-state index contributed by atoms with van der Waals surface area (Å²) in [6.07, 6.45) is 1.56. The van der Waals surface area contributed by atoms with Gasteiger partial charge in [-0.2, -0.15) is 5.10 Å². The second-order valence-corrected chi connectivity index (χ2v) is 7.20. The Morgan fingerprint density at radius 1 is 1.22 bits per heavy atom. The minimum atomic E-state index is -0.324. The highest BCUT2D eigenvalue weighted by Crippen LogP contribution is 2.32. The number of rotatable bonds is 8. The molecule has 0 aliphatic heterocycles. The van der Waals surface area contributed by atoms with Crippen LogP contribution in [0.1, 0.15) is 43.4 Å². The number of amides is 1. The number of hydrazone groups is 1. The molecule has 0 aromatic heterocycles. The third-order valence-corrected chi connectivity index (χ3v) is 4.74. The largest absolute Gasteiger partial charge is 0.493 e. The summed E-state index contributed by atoms with van der Waals surface area (Å²) in [6, 6.07) is 11.5. The van der Waals surface area contributed by atoms with Gasteiger partial charge in [-0.15, -0.1) is 0 Å². The Morgan fingerprint density at radius 2 is 1.96 bits per heavy atom. The molecule has 0 saturated heterocycles. The lowest BCUT2D eigenvalue weighted by molar-refractivity contribution is -0.123. The maximum Gasteiger partial charge on any atom is 0.277 e. The fourth-order valence-corrected chi connectivity index (χ4v) is 2.83. The van der Waals surface area contributed by atoms with Gasteiger partial charge < -0.3 is 9.47 Å². The summed E-state index contributed by atoms with van der Waals surface area (Å²) in [7, 11) is 0. The van der Waals surface area contributed by atoms with Gasteiger partial charge in [-0.05, 0) is 55.2 Å². The van der Waals surface area contributed by atoms with Crippen LogP contribution in [0.5, 0.6) is 11.5 Å². The lowest BCUT2D eigenvalue weighted by Crippen LogP contribution is -2.25. The lowest BCUT2D eigenvalue weighted by atomic mass is 10.0. The van der Waals surface area contributed by atoms with E-state index in [9.17, 15) is 4.79 Å². The van der Waals surface area contributed by atoms with Gasteiger partial charge in [-0.1, -0.05) is 41.9 Å². The van der Waals surface area contributed by atoms with E-state index in [1.807, 2.05) is 50.2 Å². The summed E-state index contributed by atoms with van der Waals surface area (Å²) < 4.78 is 12.3. The van der Waals surface area contributed by atoms with E-state index in [0.717, 1.165) is 26.9 Å². The number of carbonyl (C=O) groups excluding carboxylic acids is 1. The Labute approximate surface area is 168 Å². The molecule has 0 spiro atoms. The van der Waals surface area contributed by atoms with Crippen LogP contribution in [0.4, 0.5) is 0 Å². The highest BCUT2D eigenvalue weighted by atomic mass is 79.9. The number of ether oxygens (including phenoxy) is 2. The first-order valence-corrected chi connectivity index (χ1v) is 9.68. The van der Waals surface area contributed by atoms with Crippen molar-refractivity contribution in [3.8, 4) is 11.5 Å². The third kappa shape index (κ3) is 6.10. The van der Waals surface area contributed by atoms with E-state index < -0.39 is 0 Å². The zero-order chi connectivity index (χ0) is 19.8. The van der Waals surface area contributed by atoms with Crippen molar-refractivity contribution >= 4 is 28.1 Å². The molecular weight excluding hydrogens is 408 g/mol. The van der Waals surface area contributed by atoms with Crippen LogP contribution in [0.25, 0.3) is 0 Å². The molecule has 27 heavy (non-hydrogen) atoms. The van der Waals surface area contributed by atoms with E-state index in [4.69, 9.17) is 9.47 Å². The number of nitrogens with zero attached hydrogens (tertiary/aromatic N) is 1. The molecule has 0 unspecified atom stereocenters. The second kappa shape index (κ2) is 10.1. The van der Waals surface area contributed by atoms with Gasteiger partial charge in [-0.3, -0.25) is 4.79 Å². The molecule has 144 valence electrons. The van der Waals surface area contributed by atoms with Crippen LogP contribution in [-0.2, 0) is 4.79 Å². The monoisotopic (exact) mass is 432 g/mol. The number of carbonyl (C=O) groups is 1. The van der Waals surface area contributed by atoms with Crippen molar-refractivity contribution in [2.75, 3.05) is 13.2 Å². The first-order valence-electron chi connectivity index (χ1n) is 8.89. The van der Waals surface area contributed by atoms with Crippen molar-refractivity contribution in [1.82, 2.24) is 5.43 Å². The van der Waals surface area contributed by atoms with Crippen LogP contribution in [-0.4, -0.2) is 25.3 Å². The first-order chi connectivity index (χ1) is 12.9. The van der Waals surface area contributed by atoms with E-state index in [2.05, 4.69) is 40.3 Å². The highest BCUT2D eigenvalue weighted by Gasteiger charge is 2.12. The van der Waals surface area contributed by atoms with Crippen LogP contribution < -0.4 is 14.9 Å². The van der Waals surface area contributed by atoms with Gasteiger partial charge in [0.2, 0.25) is 0 Å². The number of hydrogen-bond acceptors (Lipinski definition) is 4. The smallest absolute Gasteiger partial charge is 0.277 e. The van der Waals surface area contributed by atoms with E-state index in [1.54, 1.807) is 6.21 Å². The predicted molar refractivity (Wildman–Crippen MR) is 112 cm³/mol. The zero-order valence-corrected chi connectivity index (χ0v) is 17.7. The average Bonchev–Trinajstić information content (AvgIpc) is 2.63. The number of nitrogens with one attached hydrogen (secondary N) is 1. The van der Waals surface area contributed by atoms with Crippen molar-refractivity contribution in [2.45, 2.75) is 33.6 Å². The number of benzene rings is 2. The minimum absolute atomic E-state index is 0.106. The van der Waals surface area contributed by atoms with Crippen LogP contribution in [0.3, 0.4) is 0 Å². The minimum Gasteiger partial charge on any atom is -0.493 e. The molecule has 0 fully saturated rings. The Hall–Kier alpha value is -2.34. The summed E-state index contributed by atoms with van der Waals surface area (Å²) in [5, 5.41) is 3.99. The van der Waals surface area contributed by atoms with Crippen molar-refractivity contribution in [1.29, 1.82) is 0 Å². The summed E-state index contributed by atoms with van der Waals surface area (Å²) >= 11 is 3.54. The van der Waals surface area contributed by atoms with Crippen LogP contribution >= 0.6 is 15.9 Å². The molecule has 0 aliphatic rings. The van der Waals surface area contributed by atoms with E-state index in [-0.39, 0.29) is 18.4 Å². The summed E-state index contributed by atoms with van der Waals surface area (Å²) in [6.45, 7) is 8.54. The second-order valence-electron chi connectivity index (χ2n) is 6.35. The molecule has 0 saturated carbocycles. The summed E-state index contributed by atoms with van der Waals surface area (Å²) in [5.41, 5.74) is 5.39. The Morgan fingerprint density at radius 3 is 2.67 bits per heavy atom. The van der Waals surface area contributed by atoms with E-state index >= 15 is 0 Å². The topological polar surface area (TPSA) is 59.9 Å². The summed E-state index contributed by atoms with van der Waals surface area (Å²) in [5.74, 6) is 1.40. The zero-order valence-electron chi connectivity index (χ0n) is 16.1. The van der Waals surface area contributed by atoms with Gasteiger partial charge in [0.1, 0.15) is 11.5 Å². The first kappa shape index (κ1) is 21.0. The predicted octanol–water partition coefficient (Wildman–Crippen LogP) is 4.81. The number of halogens is 1. The van der Waals surface area contributed by atoms with Gasteiger partial charge in [0.05, 0.1) is 12.8 Å². The molecule has 2 aromatic rings. The van der Waals surface area contributed by atoms with Crippen molar-refractivity contribution in [3.63, 3.8) is 0 Å². The average molecular weight is 433 g/mol. The molecule has 1 amide bonds. The van der Waals surface area contributed by atoms with Crippen molar-refractivity contribution in [2.24, 2.45) is 5.10 Å². The molecular formula is C21H25BrN2O3. The molecule has 6 heteroatoms. The quantitative estimate of drug-likeness (QED) is 0.480. The van der Waals surface area contributed by atoms with Gasteiger partial charge in [-0.25, -0.2) is 5.43 Å². The normalized spacial score (nSPS) is 11.0. The summed E-state index contributed by atoms with van der Waals surface area (Å²) in [4.78, 5) is 12.1. The molecule has 0 radical (unpaired) electrons. The number of hydrogen-bond donors (Lipinski definition) is 1. The highest BCUT2D eigenvalue weighted by molar-refractivity contribution is 9.10. The van der Waals surface area contributed by atoms with Gasteiger partial charge >= 0.3 is 0 Å². The Kier molecular flexibility index (Phi) is 7.85. The van der Waals surface area contributed by atoms with Crippen LogP contribution in [0.15, 0.2) is 46.0 Å². The van der Waals surface area contributed by atoms with Gasteiger partial charge in [0, 0.05) is 10.0 Å². The van der Waals surface area contributed by atoms with Crippen LogP contribution in [0.2, 0.25) is 0 Å². The number of aryl methyl sites for hydroxylation is 1. The van der Waals surface area contributed by atoms with Gasteiger partial charge in [0.25, 0.3) is 5.91 Å². The maximum atomic E-state index is 12.1. The SMILES string of the molecule is CCOc1ccccc1C=NNC(=O)COc1cc(C)c(Br)cc1C(C)C. The van der Waals surface area contributed by atoms with Gasteiger partial charge in [0.15, 0.2) is 6.61 Å². The molecule has 0 heterocycles. The van der Waals surface area contributed by atoms with E-state index in [0.29, 0.717) is 12.4 Å². The molecule has 2 aromatic carbocycles. The molecule has 0 bridgehead atoms. The van der Waals surface area contributed by atoms with E-state index in [1.165, 1.54) is 0 Å². The molecule has 2 rings (SSSR count). The Bertz CT molecular complexity index is 819. The molecule has 1 N–H and O–H groups in total. The molecule has 0 aliphatic carbocycles. The van der Waals surface area contributed by atoms with Crippen LogP contribution in [0, 0.1) is 6.92 Å². The molecule has 0 atom stereocenters. The third-order valence-electron chi connectivity index (χ3n) is 3.88. The fourth-order valence-electron chi connectivity index (χ4n) is 2.47.